The largest absolute Gasteiger partial charge is 0.353 e. The minimum atomic E-state index is -2.95. The molecule has 0 unspecified atom stereocenters. The maximum atomic E-state index is 12.9. The number of rotatable bonds is 8. The summed E-state index contributed by atoms with van der Waals surface area (Å²) < 4.78 is 25.1. The Morgan fingerprint density at radius 1 is 0.788 bits per heavy atom. The Hall–Kier alpha value is -1.11. The third-order valence-corrected chi connectivity index (χ3v) is 11.3. The molecule has 0 aromatic rings. The number of amides is 2. The van der Waals surface area contributed by atoms with Crippen LogP contribution in [0.25, 0.3) is 0 Å². The van der Waals surface area contributed by atoms with Crippen LogP contribution in [0.3, 0.4) is 0 Å². The molecule has 4 saturated carbocycles. The zero-order valence-corrected chi connectivity index (χ0v) is 21.3. The van der Waals surface area contributed by atoms with E-state index in [4.69, 9.17) is 0 Å². The monoisotopic (exact) mass is 480 g/mol. The van der Waals surface area contributed by atoms with Crippen LogP contribution in [-0.2, 0) is 19.4 Å². The zero-order chi connectivity index (χ0) is 23.4. The molecule has 0 radical (unpaired) electrons. The number of nitrogens with zero attached hydrogens (tertiary/aromatic N) is 1. The Balaban J connectivity index is 1.14. The van der Waals surface area contributed by atoms with Crippen molar-refractivity contribution in [1.29, 1.82) is 0 Å². The summed E-state index contributed by atoms with van der Waals surface area (Å²) in [6.07, 6.45) is 15.3. The van der Waals surface area contributed by atoms with Crippen LogP contribution < -0.4 is 5.32 Å². The van der Waals surface area contributed by atoms with Crippen LogP contribution in [0.1, 0.15) is 103 Å². The average Bonchev–Trinajstić information content (AvgIpc) is 3.63. The van der Waals surface area contributed by atoms with Gasteiger partial charge >= 0.3 is 0 Å². The van der Waals surface area contributed by atoms with Gasteiger partial charge in [-0.3, -0.25) is 9.59 Å². The molecule has 0 heterocycles. The van der Waals surface area contributed by atoms with Gasteiger partial charge in [-0.25, -0.2) is 8.42 Å². The fourth-order valence-electron chi connectivity index (χ4n) is 6.41. The van der Waals surface area contributed by atoms with Crippen molar-refractivity contribution in [2.75, 3.05) is 12.8 Å². The molecule has 33 heavy (non-hydrogen) atoms. The van der Waals surface area contributed by atoms with Gasteiger partial charge in [-0.1, -0.05) is 19.3 Å². The van der Waals surface area contributed by atoms with Crippen molar-refractivity contribution in [3.63, 3.8) is 0 Å². The summed E-state index contributed by atoms with van der Waals surface area (Å²) in [4.78, 5) is 27.6. The molecule has 6 nitrogen and oxygen atoms in total. The van der Waals surface area contributed by atoms with Crippen molar-refractivity contribution in [1.82, 2.24) is 10.2 Å². The smallest absolute Gasteiger partial charge is 0.225 e. The van der Waals surface area contributed by atoms with E-state index in [1.807, 2.05) is 11.9 Å². The Morgan fingerprint density at radius 3 is 2.00 bits per heavy atom. The third kappa shape index (κ3) is 6.95. The number of carbonyl (C=O) groups excluding carboxylic acids is 2. The first kappa shape index (κ1) is 25.0. The highest BCUT2D eigenvalue weighted by molar-refractivity contribution is 7.92. The molecule has 188 valence electrons. The molecule has 0 saturated heterocycles. The van der Waals surface area contributed by atoms with Gasteiger partial charge in [0.2, 0.25) is 11.8 Å². The second-order valence-electron chi connectivity index (χ2n) is 11.5. The van der Waals surface area contributed by atoms with Gasteiger partial charge in [0.05, 0.1) is 11.0 Å². The van der Waals surface area contributed by atoms with E-state index in [-0.39, 0.29) is 23.1 Å². The summed E-state index contributed by atoms with van der Waals surface area (Å²) in [6, 6.07) is 0.597. The maximum absolute atomic E-state index is 12.9. The minimum Gasteiger partial charge on any atom is -0.353 e. The van der Waals surface area contributed by atoms with Gasteiger partial charge < -0.3 is 10.2 Å². The van der Waals surface area contributed by atoms with Crippen molar-refractivity contribution < 1.29 is 18.0 Å². The molecular weight excluding hydrogens is 436 g/mol. The average molecular weight is 481 g/mol. The van der Waals surface area contributed by atoms with E-state index in [1.54, 1.807) is 0 Å². The van der Waals surface area contributed by atoms with Crippen molar-refractivity contribution in [3.8, 4) is 0 Å². The first-order chi connectivity index (χ1) is 15.8. The highest BCUT2D eigenvalue weighted by Gasteiger charge is 2.36. The van der Waals surface area contributed by atoms with Gasteiger partial charge in [0, 0.05) is 31.5 Å². The van der Waals surface area contributed by atoms with Crippen LogP contribution in [-0.4, -0.2) is 55.3 Å². The van der Waals surface area contributed by atoms with Crippen molar-refractivity contribution in [3.05, 3.63) is 0 Å². The molecule has 0 aromatic heterocycles. The van der Waals surface area contributed by atoms with Crippen LogP contribution in [0.4, 0.5) is 0 Å². The molecule has 7 heteroatoms. The molecule has 0 spiro atoms. The van der Waals surface area contributed by atoms with Gasteiger partial charge in [0.1, 0.15) is 0 Å². The molecule has 0 aromatic carbocycles. The van der Waals surface area contributed by atoms with Crippen molar-refractivity contribution in [2.45, 2.75) is 120 Å². The zero-order valence-electron chi connectivity index (χ0n) is 20.5. The molecule has 0 aliphatic heterocycles. The summed E-state index contributed by atoms with van der Waals surface area (Å²) in [7, 11) is -0.968. The SMILES string of the molecule is CN(C(=O)C1CCC(NC(=O)CC2CCC(S(=O)(=O)CC3CC3)CC2)CC1)C1CCCCC1. The quantitative estimate of drug-likeness (QED) is 0.564. The Morgan fingerprint density at radius 2 is 1.39 bits per heavy atom. The Kier molecular flexibility index (Phi) is 8.40. The van der Waals surface area contributed by atoms with Gasteiger partial charge in [0.15, 0.2) is 9.84 Å². The standard InChI is InChI=1S/C26H44N2O4S/c1-28(23-5-3-2-4-6-23)26(30)21-11-13-22(14-12-21)27-25(29)17-19-9-15-24(16-10-19)33(31,32)18-20-7-8-20/h19-24H,2-18H2,1H3,(H,27,29). The fourth-order valence-corrected chi connectivity index (χ4v) is 8.67. The van der Waals surface area contributed by atoms with Crippen LogP contribution in [0, 0.1) is 17.8 Å². The van der Waals surface area contributed by atoms with E-state index < -0.39 is 9.84 Å². The molecule has 4 aliphatic rings. The van der Waals surface area contributed by atoms with Crippen LogP contribution in [0.5, 0.6) is 0 Å². The molecule has 1 N–H and O–H groups in total. The third-order valence-electron chi connectivity index (χ3n) is 8.85. The molecule has 0 atom stereocenters. The lowest BCUT2D eigenvalue weighted by Crippen LogP contribution is -2.45. The Bertz CT molecular complexity index is 772. The van der Waals surface area contributed by atoms with Gasteiger partial charge in [-0.2, -0.15) is 0 Å². The number of hydrogen-bond acceptors (Lipinski definition) is 4. The lowest BCUT2D eigenvalue weighted by Gasteiger charge is -2.36. The van der Waals surface area contributed by atoms with E-state index >= 15 is 0 Å². The van der Waals surface area contributed by atoms with Crippen LogP contribution in [0.2, 0.25) is 0 Å². The predicted molar refractivity (Wildman–Crippen MR) is 130 cm³/mol. The van der Waals surface area contributed by atoms with E-state index in [1.165, 1.54) is 19.3 Å². The molecule has 0 bridgehead atoms. The lowest BCUT2D eigenvalue weighted by atomic mass is 9.83. The first-order valence-electron chi connectivity index (χ1n) is 13.6. The highest BCUT2D eigenvalue weighted by Crippen LogP contribution is 2.36. The second kappa shape index (κ2) is 11.1. The number of hydrogen-bond donors (Lipinski definition) is 1. The molecular formula is C26H44N2O4S. The van der Waals surface area contributed by atoms with E-state index in [9.17, 15) is 18.0 Å². The Labute approximate surface area is 200 Å². The van der Waals surface area contributed by atoms with E-state index in [2.05, 4.69) is 5.32 Å². The van der Waals surface area contributed by atoms with Crippen molar-refractivity contribution >= 4 is 21.7 Å². The lowest BCUT2D eigenvalue weighted by molar-refractivity contribution is -0.138. The minimum absolute atomic E-state index is 0.105. The molecule has 4 aliphatic carbocycles. The second-order valence-corrected chi connectivity index (χ2v) is 13.8. The van der Waals surface area contributed by atoms with E-state index in [0.717, 1.165) is 64.2 Å². The first-order valence-corrected chi connectivity index (χ1v) is 15.3. The summed E-state index contributed by atoms with van der Waals surface area (Å²) >= 11 is 0. The number of carbonyl (C=O) groups is 2. The van der Waals surface area contributed by atoms with Gasteiger partial charge in [-0.15, -0.1) is 0 Å². The number of sulfone groups is 1. The van der Waals surface area contributed by atoms with Gasteiger partial charge in [0.25, 0.3) is 0 Å². The van der Waals surface area contributed by atoms with E-state index in [0.29, 0.717) is 48.8 Å². The fraction of sp³-hybridized carbons (Fsp3) is 0.923. The normalized spacial score (nSPS) is 31.7. The summed E-state index contributed by atoms with van der Waals surface area (Å²) in [5.74, 6) is 1.62. The van der Waals surface area contributed by atoms with Crippen molar-refractivity contribution in [2.24, 2.45) is 17.8 Å². The summed E-state index contributed by atoms with van der Waals surface area (Å²) in [6.45, 7) is 0. The van der Waals surface area contributed by atoms with Crippen LogP contribution >= 0.6 is 0 Å². The van der Waals surface area contributed by atoms with Crippen LogP contribution in [0.15, 0.2) is 0 Å². The molecule has 4 rings (SSSR count). The van der Waals surface area contributed by atoms with Gasteiger partial charge in [-0.05, 0) is 88.9 Å². The highest BCUT2D eigenvalue weighted by atomic mass is 32.2. The number of nitrogens with one attached hydrogen (secondary N) is 1. The molecule has 4 fully saturated rings. The molecule has 2 amide bonds. The summed E-state index contributed by atoms with van der Waals surface area (Å²) in [5.41, 5.74) is 0. The topological polar surface area (TPSA) is 83.6 Å². The summed E-state index contributed by atoms with van der Waals surface area (Å²) in [5, 5.41) is 3.03. The maximum Gasteiger partial charge on any atom is 0.225 e. The predicted octanol–water partition coefficient (Wildman–Crippen LogP) is 4.23.